The average molecular weight is 198 g/mol. The molecule has 2 nitrogen and oxygen atoms in total. The number of allylic oxidation sites excluding steroid dienone is 4. The number of thiol groups is 1. The fourth-order valence-electron chi connectivity index (χ4n) is 0.682. The average Bonchev–Trinajstić information content (AvgIpc) is 2.09. The van der Waals surface area contributed by atoms with Gasteiger partial charge < -0.3 is 5.11 Å². The minimum absolute atomic E-state index is 0.138. The van der Waals surface area contributed by atoms with Crippen molar-refractivity contribution in [3.63, 3.8) is 0 Å². The molecule has 0 aliphatic rings. The Labute approximate surface area is 84.1 Å². The second-order valence-corrected chi connectivity index (χ2v) is 2.89. The summed E-state index contributed by atoms with van der Waals surface area (Å²) in [5, 5.41) is 8.38. The van der Waals surface area contributed by atoms with E-state index in [1.54, 1.807) is 0 Å². The predicted octanol–water partition coefficient (Wildman–Crippen LogP) is 2.45. The summed E-state index contributed by atoms with van der Waals surface area (Å²) in [4.78, 5) is 10.2. The van der Waals surface area contributed by atoms with E-state index < -0.39 is 5.97 Å². The van der Waals surface area contributed by atoms with Crippen molar-refractivity contribution in [3.05, 3.63) is 36.5 Å². The SMILES string of the molecule is C=C(/C=C\C=C\CS)CCC(=O)O. The van der Waals surface area contributed by atoms with Gasteiger partial charge in [0, 0.05) is 12.2 Å². The largest absolute Gasteiger partial charge is 0.481 e. The fourth-order valence-corrected chi connectivity index (χ4v) is 0.804. The van der Waals surface area contributed by atoms with E-state index in [0.29, 0.717) is 12.2 Å². The van der Waals surface area contributed by atoms with Crippen molar-refractivity contribution in [1.29, 1.82) is 0 Å². The summed E-state index contributed by atoms with van der Waals surface area (Å²) in [5.74, 6) is -0.0909. The zero-order chi connectivity index (χ0) is 10.1. The molecular formula is C10H14O2S. The van der Waals surface area contributed by atoms with Crippen molar-refractivity contribution >= 4 is 18.6 Å². The van der Waals surface area contributed by atoms with Crippen molar-refractivity contribution in [2.45, 2.75) is 12.8 Å². The first-order valence-corrected chi connectivity index (χ1v) is 4.63. The molecule has 0 unspecified atom stereocenters. The molecule has 0 heterocycles. The summed E-state index contributed by atoms with van der Waals surface area (Å²) in [5.41, 5.74) is 0.825. The van der Waals surface area contributed by atoms with Gasteiger partial charge in [-0.05, 0) is 6.42 Å². The Morgan fingerprint density at radius 1 is 1.38 bits per heavy atom. The van der Waals surface area contributed by atoms with Crippen LogP contribution < -0.4 is 0 Å². The van der Waals surface area contributed by atoms with E-state index in [2.05, 4.69) is 19.2 Å². The van der Waals surface area contributed by atoms with E-state index in [1.165, 1.54) is 0 Å². The minimum atomic E-state index is -0.791. The Hall–Kier alpha value is -0.960. The molecule has 0 aromatic heterocycles. The van der Waals surface area contributed by atoms with Gasteiger partial charge in [0.1, 0.15) is 0 Å². The summed E-state index contributed by atoms with van der Waals surface area (Å²) in [6.45, 7) is 3.72. The van der Waals surface area contributed by atoms with E-state index in [1.807, 2.05) is 24.3 Å². The van der Waals surface area contributed by atoms with E-state index in [0.717, 1.165) is 5.57 Å². The highest BCUT2D eigenvalue weighted by atomic mass is 32.1. The lowest BCUT2D eigenvalue weighted by molar-refractivity contribution is -0.136. The monoisotopic (exact) mass is 198 g/mol. The van der Waals surface area contributed by atoms with Crippen LogP contribution in [0.15, 0.2) is 36.5 Å². The molecule has 1 N–H and O–H groups in total. The fraction of sp³-hybridized carbons (Fsp3) is 0.300. The first kappa shape index (κ1) is 12.0. The lowest BCUT2D eigenvalue weighted by Gasteiger charge is -1.94. The summed E-state index contributed by atoms with van der Waals surface area (Å²) in [6, 6.07) is 0. The maximum atomic E-state index is 10.2. The zero-order valence-electron chi connectivity index (χ0n) is 7.44. The summed E-state index contributed by atoms with van der Waals surface area (Å²) < 4.78 is 0. The normalized spacial score (nSPS) is 11.2. The third-order valence-electron chi connectivity index (χ3n) is 1.34. The molecule has 0 aromatic rings. The predicted molar refractivity (Wildman–Crippen MR) is 58.1 cm³/mol. The van der Waals surface area contributed by atoms with Crippen LogP contribution in [0.1, 0.15) is 12.8 Å². The number of hydrogen-bond acceptors (Lipinski definition) is 2. The van der Waals surface area contributed by atoms with Gasteiger partial charge in [0.15, 0.2) is 0 Å². The Bertz CT molecular complexity index is 229. The van der Waals surface area contributed by atoms with Gasteiger partial charge in [0.2, 0.25) is 0 Å². The number of carbonyl (C=O) groups is 1. The Balaban J connectivity index is 3.67. The summed E-state index contributed by atoms with van der Waals surface area (Å²) in [6.07, 6.45) is 8.03. The second kappa shape index (κ2) is 7.68. The molecule has 0 aromatic carbocycles. The highest BCUT2D eigenvalue weighted by Gasteiger charge is 1.95. The molecule has 0 rings (SSSR count). The van der Waals surface area contributed by atoms with E-state index >= 15 is 0 Å². The maximum Gasteiger partial charge on any atom is 0.303 e. The first-order chi connectivity index (χ1) is 6.16. The molecular weight excluding hydrogens is 184 g/mol. The van der Waals surface area contributed by atoms with Crippen LogP contribution in [0.3, 0.4) is 0 Å². The molecule has 0 fully saturated rings. The topological polar surface area (TPSA) is 37.3 Å². The maximum absolute atomic E-state index is 10.2. The molecule has 0 radical (unpaired) electrons. The molecule has 0 saturated carbocycles. The van der Waals surface area contributed by atoms with Gasteiger partial charge in [-0.1, -0.05) is 36.5 Å². The molecule has 0 bridgehead atoms. The Kier molecular flexibility index (Phi) is 7.11. The molecule has 0 aliphatic heterocycles. The summed E-state index contributed by atoms with van der Waals surface area (Å²) in [7, 11) is 0. The lowest BCUT2D eigenvalue weighted by atomic mass is 10.1. The Morgan fingerprint density at radius 3 is 2.62 bits per heavy atom. The third kappa shape index (κ3) is 8.95. The van der Waals surface area contributed by atoms with Crippen LogP contribution >= 0.6 is 12.6 Å². The molecule has 3 heteroatoms. The number of carboxylic acids is 1. The number of rotatable bonds is 6. The quantitative estimate of drug-likeness (QED) is 0.508. The molecule has 0 spiro atoms. The standard InChI is InChI=1S/C10H14O2S/c1-9(6-7-10(11)12)5-3-2-4-8-13/h2-5,13H,1,6-8H2,(H,11,12)/b4-2+,5-3-. The van der Waals surface area contributed by atoms with Crippen LogP contribution in [0.2, 0.25) is 0 Å². The molecule has 13 heavy (non-hydrogen) atoms. The number of carboxylic acid groups (broad SMARTS) is 1. The van der Waals surface area contributed by atoms with Crippen LogP contribution in [-0.2, 0) is 4.79 Å². The molecule has 72 valence electrons. The zero-order valence-corrected chi connectivity index (χ0v) is 8.33. The minimum Gasteiger partial charge on any atom is -0.481 e. The van der Waals surface area contributed by atoms with Gasteiger partial charge in [-0.3, -0.25) is 4.79 Å². The van der Waals surface area contributed by atoms with Crippen LogP contribution in [0, 0.1) is 0 Å². The van der Waals surface area contributed by atoms with Crippen molar-refractivity contribution in [2.75, 3.05) is 5.75 Å². The summed E-state index contributed by atoms with van der Waals surface area (Å²) >= 11 is 3.99. The van der Waals surface area contributed by atoms with E-state index in [-0.39, 0.29) is 6.42 Å². The number of hydrogen-bond donors (Lipinski definition) is 2. The van der Waals surface area contributed by atoms with Crippen LogP contribution in [0.4, 0.5) is 0 Å². The first-order valence-electron chi connectivity index (χ1n) is 4.00. The van der Waals surface area contributed by atoms with Crippen molar-refractivity contribution in [1.82, 2.24) is 0 Å². The third-order valence-corrected chi connectivity index (χ3v) is 1.56. The Morgan fingerprint density at radius 2 is 2.08 bits per heavy atom. The molecule has 0 amide bonds. The van der Waals surface area contributed by atoms with Gasteiger partial charge in [-0.25, -0.2) is 0 Å². The molecule has 0 aliphatic carbocycles. The van der Waals surface area contributed by atoms with Crippen molar-refractivity contribution < 1.29 is 9.90 Å². The highest BCUT2D eigenvalue weighted by Crippen LogP contribution is 2.03. The number of aliphatic carboxylic acids is 1. The van der Waals surface area contributed by atoms with Crippen molar-refractivity contribution in [2.24, 2.45) is 0 Å². The highest BCUT2D eigenvalue weighted by molar-refractivity contribution is 7.80. The van der Waals surface area contributed by atoms with E-state index in [4.69, 9.17) is 5.11 Å². The van der Waals surface area contributed by atoms with Gasteiger partial charge in [-0.2, -0.15) is 12.6 Å². The van der Waals surface area contributed by atoms with Gasteiger partial charge in [0.05, 0.1) is 0 Å². The lowest BCUT2D eigenvalue weighted by Crippen LogP contribution is -1.93. The van der Waals surface area contributed by atoms with Gasteiger partial charge in [-0.15, -0.1) is 0 Å². The van der Waals surface area contributed by atoms with Gasteiger partial charge in [0.25, 0.3) is 0 Å². The van der Waals surface area contributed by atoms with E-state index in [9.17, 15) is 4.79 Å². The van der Waals surface area contributed by atoms with Crippen LogP contribution in [0.5, 0.6) is 0 Å². The van der Waals surface area contributed by atoms with Crippen LogP contribution in [0.25, 0.3) is 0 Å². The smallest absolute Gasteiger partial charge is 0.303 e. The van der Waals surface area contributed by atoms with Crippen LogP contribution in [-0.4, -0.2) is 16.8 Å². The van der Waals surface area contributed by atoms with Crippen molar-refractivity contribution in [3.8, 4) is 0 Å². The van der Waals surface area contributed by atoms with Gasteiger partial charge >= 0.3 is 5.97 Å². The molecule has 0 atom stereocenters. The second-order valence-electron chi connectivity index (χ2n) is 2.52. The molecule has 0 saturated heterocycles.